The number of para-hydroxylation sites is 1. The molecule has 0 aromatic heterocycles. The van der Waals surface area contributed by atoms with Gasteiger partial charge in [0.05, 0.1) is 16.3 Å². The second kappa shape index (κ2) is 12.3. The van der Waals surface area contributed by atoms with E-state index < -0.39 is 22.9 Å². The molecule has 1 unspecified atom stereocenters. The van der Waals surface area contributed by atoms with Crippen LogP contribution in [0.15, 0.2) is 108 Å². The standard InChI is InChI=1S/C28H21ClF3N3OS2/c29-23-16-11-19(28(30,31)32)17-24(23)35-26(36)25(18-7-3-1-4-8-18)38-22-14-12-21(13-15-22)34-27(37)33-20-9-5-2-6-10-20/h1-17,25H,(H,35,36)(H2,33,34,37). The number of hydrogen-bond donors (Lipinski definition) is 3. The second-order valence-electron chi connectivity index (χ2n) is 8.06. The molecule has 3 N–H and O–H groups in total. The Kier molecular flexibility index (Phi) is 8.93. The number of rotatable bonds is 7. The Morgan fingerprint density at radius 3 is 1.97 bits per heavy atom. The Morgan fingerprint density at radius 1 is 0.789 bits per heavy atom. The number of thiocarbonyl (C=S) groups is 1. The van der Waals surface area contributed by atoms with Crippen molar-refractivity contribution < 1.29 is 18.0 Å². The van der Waals surface area contributed by atoms with Crippen molar-refractivity contribution in [3.8, 4) is 0 Å². The van der Waals surface area contributed by atoms with E-state index in [1.807, 2.05) is 60.7 Å². The molecular weight excluding hydrogens is 551 g/mol. The fraction of sp³-hybridized carbons (Fsp3) is 0.0714. The number of carbonyl (C=O) groups excluding carboxylic acids is 1. The normalized spacial score (nSPS) is 11.9. The summed E-state index contributed by atoms with van der Waals surface area (Å²) in [6.45, 7) is 0. The highest BCUT2D eigenvalue weighted by atomic mass is 35.5. The highest BCUT2D eigenvalue weighted by Gasteiger charge is 2.31. The van der Waals surface area contributed by atoms with Gasteiger partial charge in [0.2, 0.25) is 5.91 Å². The van der Waals surface area contributed by atoms with Crippen LogP contribution in [-0.2, 0) is 11.0 Å². The van der Waals surface area contributed by atoms with Crippen molar-refractivity contribution in [1.29, 1.82) is 0 Å². The molecule has 4 rings (SSSR count). The lowest BCUT2D eigenvalue weighted by molar-refractivity contribution is -0.137. The molecule has 4 aromatic rings. The van der Waals surface area contributed by atoms with Crippen LogP contribution < -0.4 is 16.0 Å². The molecule has 1 atom stereocenters. The topological polar surface area (TPSA) is 53.2 Å². The van der Waals surface area contributed by atoms with E-state index in [1.54, 1.807) is 24.3 Å². The third-order valence-electron chi connectivity index (χ3n) is 5.29. The maximum absolute atomic E-state index is 13.3. The van der Waals surface area contributed by atoms with Crippen molar-refractivity contribution in [3.63, 3.8) is 0 Å². The number of halogens is 4. The van der Waals surface area contributed by atoms with Crippen LogP contribution in [-0.4, -0.2) is 11.0 Å². The highest BCUT2D eigenvalue weighted by Crippen LogP contribution is 2.38. The molecule has 0 heterocycles. The van der Waals surface area contributed by atoms with Gasteiger partial charge in [-0.3, -0.25) is 4.79 Å². The summed E-state index contributed by atoms with van der Waals surface area (Å²) in [6, 6.07) is 28.6. The molecule has 0 aliphatic rings. The molecule has 0 saturated heterocycles. The van der Waals surface area contributed by atoms with Crippen LogP contribution in [0.1, 0.15) is 16.4 Å². The van der Waals surface area contributed by atoms with Crippen LogP contribution in [0.4, 0.5) is 30.2 Å². The zero-order valence-corrected chi connectivity index (χ0v) is 22.0. The van der Waals surface area contributed by atoms with Crippen molar-refractivity contribution in [3.05, 3.63) is 119 Å². The van der Waals surface area contributed by atoms with Crippen molar-refractivity contribution in [1.82, 2.24) is 0 Å². The first-order valence-electron chi connectivity index (χ1n) is 11.3. The summed E-state index contributed by atoms with van der Waals surface area (Å²) < 4.78 is 39.6. The van der Waals surface area contributed by atoms with E-state index in [2.05, 4.69) is 16.0 Å². The van der Waals surface area contributed by atoms with Gasteiger partial charge in [0, 0.05) is 16.3 Å². The summed E-state index contributed by atoms with van der Waals surface area (Å²) in [6.07, 6.45) is -4.56. The van der Waals surface area contributed by atoms with Crippen molar-refractivity contribution >= 4 is 63.7 Å². The summed E-state index contributed by atoms with van der Waals surface area (Å²) in [7, 11) is 0. The Bertz CT molecular complexity index is 1400. The minimum atomic E-state index is -4.56. The summed E-state index contributed by atoms with van der Waals surface area (Å²) in [4.78, 5) is 14.1. The first-order valence-corrected chi connectivity index (χ1v) is 13.0. The molecule has 0 fully saturated rings. The number of nitrogens with one attached hydrogen (secondary N) is 3. The monoisotopic (exact) mass is 571 g/mol. The van der Waals surface area contributed by atoms with Crippen LogP contribution in [0.2, 0.25) is 5.02 Å². The SMILES string of the molecule is O=C(Nc1cc(C(F)(F)F)ccc1Cl)C(Sc1ccc(NC(=S)Nc2ccccc2)cc1)c1ccccc1. The summed E-state index contributed by atoms with van der Waals surface area (Å²) in [5, 5.41) is 8.47. The summed E-state index contributed by atoms with van der Waals surface area (Å²) in [5.74, 6) is -0.502. The predicted molar refractivity (Wildman–Crippen MR) is 153 cm³/mol. The Labute approximate surface area is 232 Å². The first-order chi connectivity index (χ1) is 18.2. The van der Waals surface area contributed by atoms with Crippen LogP contribution in [0.25, 0.3) is 0 Å². The second-order valence-corrected chi connectivity index (χ2v) is 10.1. The quantitative estimate of drug-likeness (QED) is 0.153. The third-order valence-corrected chi connectivity index (χ3v) is 7.09. The maximum atomic E-state index is 13.3. The van der Waals surface area contributed by atoms with Crippen LogP contribution in [0.3, 0.4) is 0 Å². The van der Waals surface area contributed by atoms with Crippen molar-refractivity contribution in [2.45, 2.75) is 16.3 Å². The number of hydrogen-bond acceptors (Lipinski definition) is 3. The molecule has 38 heavy (non-hydrogen) atoms. The summed E-state index contributed by atoms with van der Waals surface area (Å²) in [5.41, 5.74) is 1.29. The Hall–Kier alpha value is -3.53. The number of anilines is 3. The lowest BCUT2D eigenvalue weighted by atomic mass is 10.1. The zero-order chi connectivity index (χ0) is 27.1. The van der Waals surface area contributed by atoms with E-state index in [9.17, 15) is 18.0 Å². The van der Waals surface area contributed by atoms with Gasteiger partial charge in [0.1, 0.15) is 5.25 Å². The van der Waals surface area contributed by atoms with Gasteiger partial charge in [-0.05, 0) is 72.4 Å². The van der Waals surface area contributed by atoms with Crippen LogP contribution in [0, 0.1) is 0 Å². The van der Waals surface area contributed by atoms with Crippen molar-refractivity contribution in [2.24, 2.45) is 0 Å². The molecule has 194 valence electrons. The lowest BCUT2D eigenvalue weighted by Crippen LogP contribution is -2.20. The average Bonchev–Trinajstić information content (AvgIpc) is 2.90. The van der Waals surface area contributed by atoms with Gasteiger partial charge >= 0.3 is 6.18 Å². The van der Waals surface area contributed by atoms with Gasteiger partial charge < -0.3 is 16.0 Å². The molecule has 4 nitrogen and oxygen atoms in total. The molecule has 10 heteroatoms. The van der Waals surface area contributed by atoms with E-state index in [1.165, 1.54) is 11.8 Å². The molecule has 0 aliphatic carbocycles. The molecule has 0 radical (unpaired) electrons. The van der Waals surface area contributed by atoms with Crippen LogP contribution >= 0.6 is 35.6 Å². The minimum absolute atomic E-state index is 0.0127. The molecule has 0 bridgehead atoms. The van der Waals surface area contributed by atoms with E-state index >= 15 is 0 Å². The third kappa shape index (κ3) is 7.50. The van der Waals surface area contributed by atoms with E-state index in [4.69, 9.17) is 23.8 Å². The van der Waals surface area contributed by atoms with Gasteiger partial charge in [0.15, 0.2) is 5.11 Å². The fourth-order valence-corrected chi connectivity index (χ4v) is 4.89. The minimum Gasteiger partial charge on any atom is -0.332 e. The number of benzene rings is 4. The zero-order valence-electron chi connectivity index (χ0n) is 19.6. The Morgan fingerprint density at radius 2 is 1.37 bits per heavy atom. The molecule has 0 spiro atoms. The van der Waals surface area contributed by atoms with E-state index in [0.717, 1.165) is 34.5 Å². The Balaban J connectivity index is 1.49. The van der Waals surface area contributed by atoms with Gasteiger partial charge in [-0.25, -0.2) is 0 Å². The fourth-order valence-electron chi connectivity index (χ4n) is 3.46. The number of thioether (sulfide) groups is 1. The largest absolute Gasteiger partial charge is 0.416 e. The average molecular weight is 572 g/mol. The van der Waals surface area contributed by atoms with Gasteiger partial charge in [-0.1, -0.05) is 60.1 Å². The summed E-state index contributed by atoms with van der Waals surface area (Å²) >= 11 is 12.7. The van der Waals surface area contributed by atoms with Gasteiger partial charge in [-0.15, -0.1) is 11.8 Å². The number of carbonyl (C=O) groups is 1. The molecule has 4 aromatic carbocycles. The molecule has 0 saturated carbocycles. The van der Waals surface area contributed by atoms with Gasteiger partial charge in [-0.2, -0.15) is 13.2 Å². The van der Waals surface area contributed by atoms with E-state index in [0.29, 0.717) is 10.7 Å². The highest BCUT2D eigenvalue weighted by molar-refractivity contribution is 8.00. The molecule has 1 amide bonds. The maximum Gasteiger partial charge on any atom is 0.416 e. The van der Waals surface area contributed by atoms with Gasteiger partial charge in [0.25, 0.3) is 0 Å². The predicted octanol–water partition coefficient (Wildman–Crippen LogP) is 8.64. The smallest absolute Gasteiger partial charge is 0.332 e. The van der Waals surface area contributed by atoms with Crippen molar-refractivity contribution in [2.75, 3.05) is 16.0 Å². The van der Waals surface area contributed by atoms with Crippen LogP contribution in [0.5, 0.6) is 0 Å². The van der Waals surface area contributed by atoms with E-state index in [-0.39, 0.29) is 10.7 Å². The number of alkyl halides is 3. The lowest BCUT2D eigenvalue weighted by Gasteiger charge is -2.19. The molecular formula is C28H21ClF3N3OS2. The first kappa shape index (κ1) is 27.5. The molecule has 0 aliphatic heterocycles. The number of amides is 1.